The molecule has 2 aromatic carbocycles. The summed E-state index contributed by atoms with van der Waals surface area (Å²) >= 11 is 0. The van der Waals surface area contributed by atoms with E-state index in [9.17, 15) is 8.42 Å². The second kappa shape index (κ2) is 7.63. The summed E-state index contributed by atoms with van der Waals surface area (Å²) < 4.78 is 29.2. The van der Waals surface area contributed by atoms with Crippen molar-refractivity contribution in [1.29, 1.82) is 0 Å². The van der Waals surface area contributed by atoms with Crippen molar-refractivity contribution in [2.45, 2.75) is 31.3 Å². The third kappa shape index (κ3) is 4.55. The minimum Gasteiger partial charge on any atom is -0.268 e. The SMILES string of the molecule is CCc1ccc(S(=O)(=O)NCc2cnn(Cc3ccccc3)c2)cc1. The van der Waals surface area contributed by atoms with E-state index in [0.717, 1.165) is 23.1 Å². The first-order chi connectivity index (χ1) is 12.1. The van der Waals surface area contributed by atoms with E-state index in [0.29, 0.717) is 6.54 Å². The highest BCUT2D eigenvalue weighted by atomic mass is 32.2. The molecule has 1 aromatic heterocycles. The molecular weight excluding hydrogens is 334 g/mol. The van der Waals surface area contributed by atoms with E-state index in [1.807, 2.05) is 55.6 Å². The first kappa shape index (κ1) is 17.4. The van der Waals surface area contributed by atoms with Gasteiger partial charge in [0.15, 0.2) is 0 Å². The molecule has 6 heteroatoms. The fraction of sp³-hybridized carbons (Fsp3) is 0.211. The fourth-order valence-corrected chi connectivity index (χ4v) is 3.54. The normalized spacial score (nSPS) is 11.6. The standard InChI is InChI=1S/C19H21N3O2S/c1-2-16-8-10-19(11-9-16)25(23,24)21-13-18-12-20-22(15-18)14-17-6-4-3-5-7-17/h3-12,15,21H,2,13-14H2,1H3. The zero-order chi connectivity index (χ0) is 17.7. The summed E-state index contributed by atoms with van der Waals surface area (Å²) in [5, 5.41) is 4.29. The Morgan fingerprint density at radius 3 is 2.36 bits per heavy atom. The summed E-state index contributed by atoms with van der Waals surface area (Å²) in [5.41, 5.74) is 3.08. The first-order valence-corrected chi connectivity index (χ1v) is 9.69. The molecule has 0 aliphatic carbocycles. The van der Waals surface area contributed by atoms with Crippen LogP contribution in [0.5, 0.6) is 0 Å². The third-order valence-corrected chi connectivity index (χ3v) is 5.40. The van der Waals surface area contributed by atoms with E-state index in [-0.39, 0.29) is 11.4 Å². The van der Waals surface area contributed by atoms with Gasteiger partial charge in [0, 0.05) is 18.3 Å². The number of benzene rings is 2. The Hall–Kier alpha value is -2.44. The van der Waals surface area contributed by atoms with Gasteiger partial charge in [-0.1, -0.05) is 49.4 Å². The van der Waals surface area contributed by atoms with Gasteiger partial charge in [0.2, 0.25) is 10.0 Å². The Kier molecular flexibility index (Phi) is 5.31. The number of aryl methyl sites for hydroxylation is 1. The van der Waals surface area contributed by atoms with Gasteiger partial charge in [-0.05, 0) is 29.7 Å². The van der Waals surface area contributed by atoms with Crippen molar-refractivity contribution >= 4 is 10.0 Å². The molecule has 25 heavy (non-hydrogen) atoms. The molecule has 1 N–H and O–H groups in total. The summed E-state index contributed by atoms with van der Waals surface area (Å²) in [6, 6.07) is 17.0. The maximum Gasteiger partial charge on any atom is 0.240 e. The molecule has 0 unspecified atom stereocenters. The highest BCUT2D eigenvalue weighted by molar-refractivity contribution is 7.89. The van der Waals surface area contributed by atoms with Gasteiger partial charge in [0.25, 0.3) is 0 Å². The molecule has 0 saturated carbocycles. The number of sulfonamides is 1. The van der Waals surface area contributed by atoms with E-state index >= 15 is 0 Å². The Morgan fingerprint density at radius 1 is 0.960 bits per heavy atom. The molecule has 0 saturated heterocycles. The number of hydrogen-bond donors (Lipinski definition) is 1. The van der Waals surface area contributed by atoms with E-state index in [1.54, 1.807) is 23.0 Å². The lowest BCUT2D eigenvalue weighted by atomic mass is 10.2. The summed E-state index contributed by atoms with van der Waals surface area (Å²) in [5.74, 6) is 0. The summed E-state index contributed by atoms with van der Waals surface area (Å²) in [4.78, 5) is 0.279. The molecule has 0 fully saturated rings. The second-order valence-electron chi connectivity index (χ2n) is 5.85. The summed E-state index contributed by atoms with van der Waals surface area (Å²) in [6.45, 7) is 2.91. The van der Waals surface area contributed by atoms with Gasteiger partial charge in [-0.3, -0.25) is 4.68 Å². The predicted molar refractivity (Wildman–Crippen MR) is 97.6 cm³/mol. The van der Waals surface area contributed by atoms with Crippen LogP contribution < -0.4 is 4.72 Å². The van der Waals surface area contributed by atoms with Crippen LogP contribution in [0.1, 0.15) is 23.6 Å². The molecule has 0 aliphatic heterocycles. The number of nitrogens with zero attached hydrogens (tertiary/aromatic N) is 2. The average Bonchev–Trinajstić information content (AvgIpc) is 3.08. The largest absolute Gasteiger partial charge is 0.268 e. The van der Waals surface area contributed by atoms with Crippen molar-refractivity contribution in [1.82, 2.24) is 14.5 Å². The first-order valence-electron chi connectivity index (χ1n) is 8.20. The molecule has 130 valence electrons. The van der Waals surface area contributed by atoms with Gasteiger partial charge in [0.05, 0.1) is 17.6 Å². The molecule has 0 aliphatic rings. The predicted octanol–water partition coefficient (Wildman–Crippen LogP) is 2.97. The summed E-state index contributed by atoms with van der Waals surface area (Å²) in [6.07, 6.45) is 4.43. The monoisotopic (exact) mass is 355 g/mol. The van der Waals surface area contributed by atoms with Gasteiger partial charge in [0.1, 0.15) is 0 Å². The molecule has 5 nitrogen and oxygen atoms in total. The molecule has 3 rings (SSSR count). The van der Waals surface area contributed by atoms with Crippen LogP contribution in [0.2, 0.25) is 0 Å². The number of rotatable bonds is 7. The minimum atomic E-state index is -3.52. The number of hydrogen-bond acceptors (Lipinski definition) is 3. The third-order valence-electron chi connectivity index (χ3n) is 3.98. The Morgan fingerprint density at radius 2 is 1.68 bits per heavy atom. The van der Waals surface area contributed by atoms with Crippen molar-refractivity contribution < 1.29 is 8.42 Å². The zero-order valence-electron chi connectivity index (χ0n) is 14.1. The summed E-state index contributed by atoms with van der Waals surface area (Å²) in [7, 11) is -3.52. The van der Waals surface area contributed by atoms with Crippen molar-refractivity contribution in [3.05, 3.63) is 83.7 Å². The smallest absolute Gasteiger partial charge is 0.240 e. The fourth-order valence-electron chi connectivity index (χ4n) is 2.52. The highest BCUT2D eigenvalue weighted by Crippen LogP contribution is 2.12. The molecule has 0 atom stereocenters. The maximum atomic E-state index is 12.4. The molecule has 1 heterocycles. The van der Waals surface area contributed by atoms with Crippen molar-refractivity contribution in [3.63, 3.8) is 0 Å². The zero-order valence-corrected chi connectivity index (χ0v) is 14.9. The van der Waals surface area contributed by atoms with Gasteiger partial charge < -0.3 is 0 Å². The quantitative estimate of drug-likeness (QED) is 0.709. The van der Waals surface area contributed by atoms with Crippen LogP contribution in [0.15, 0.2) is 71.9 Å². The minimum absolute atomic E-state index is 0.215. The van der Waals surface area contributed by atoms with Crippen LogP contribution in [-0.4, -0.2) is 18.2 Å². The van der Waals surface area contributed by atoms with Crippen LogP contribution in [0, 0.1) is 0 Å². The Bertz CT molecular complexity index is 917. The van der Waals surface area contributed by atoms with Crippen molar-refractivity contribution in [2.75, 3.05) is 0 Å². The lowest BCUT2D eigenvalue weighted by molar-refractivity contribution is 0.581. The lowest BCUT2D eigenvalue weighted by Gasteiger charge is -2.06. The molecule has 3 aromatic rings. The lowest BCUT2D eigenvalue weighted by Crippen LogP contribution is -2.23. The van der Waals surface area contributed by atoms with Crippen molar-refractivity contribution in [2.24, 2.45) is 0 Å². The van der Waals surface area contributed by atoms with E-state index in [1.165, 1.54) is 0 Å². The van der Waals surface area contributed by atoms with Gasteiger partial charge >= 0.3 is 0 Å². The van der Waals surface area contributed by atoms with Crippen LogP contribution in [0.3, 0.4) is 0 Å². The molecular formula is C19H21N3O2S. The molecule has 0 amide bonds. The molecule has 0 radical (unpaired) electrons. The average molecular weight is 355 g/mol. The number of aromatic nitrogens is 2. The molecule has 0 spiro atoms. The topological polar surface area (TPSA) is 64.0 Å². The van der Waals surface area contributed by atoms with Gasteiger partial charge in [-0.2, -0.15) is 5.10 Å². The van der Waals surface area contributed by atoms with Crippen LogP contribution in [0.4, 0.5) is 0 Å². The van der Waals surface area contributed by atoms with E-state index in [4.69, 9.17) is 0 Å². The highest BCUT2D eigenvalue weighted by Gasteiger charge is 2.13. The van der Waals surface area contributed by atoms with Crippen LogP contribution in [-0.2, 0) is 29.5 Å². The maximum absolute atomic E-state index is 12.4. The van der Waals surface area contributed by atoms with Crippen molar-refractivity contribution in [3.8, 4) is 0 Å². The van der Waals surface area contributed by atoms with Gasteiger partial charge in [-0.25, -0.2) is 13.1 Å². The van der Waals surface area contributed by atoms with E-state index in [2.05, 4.69) is 9.82 Å². The Labute approximate surface area is 148 Å². The second-order valence-corrected chi connectivity index (χ2v) is 7.62. The van der Waals surface area contributed by atoms with Crippen LogP contribution in [0.25, 0.3) is 0 Å². The number of nitrogens with one attached hydrogen (secondary N) is 1. The Balaban J connectivity index is 1.63. The van der Waals surface area contributed by atoms with E-state index < -0.39 is 10.0 Å². The molecule has 0 bridgehead atoms. The van der Waals surface area contributed by atoms with Gasteiger partial charge in [-0.15, -0.1) is 0 Å². The van der Waals surface area contributed by atoms with Crippen LogP contribution >= 0.6 is 0 Å².